The molecule has 1 aromatic heterocycles. The van der Waals surface area contributed by atoms with Gasteiger partial charge in [-0.15, -0.1) is 0 Å². The molecule has 110 valence electrons. The van der Waals surface area contributed by atoms with Crippen molar-refractivity contribution in [2.75, 3.05) is 5.73 Å². The fourth-order valence-electron chi connectivity index (χ4n) is 1.95. The van der Waals surface area contributed by atoms with Crippen molar-refractivity contribution in [3.05, 3.63) is 66.7 Å². The lowest BCUT2D eigenvalue weighted by Crippen LogP contribution is -1.96. The summed E-state index contributed by atoms with van der Waals surface area (Å²) in [5.74, 6) is 0.240. The maximum atomic E-state index is 10.9. The fraction of sp³-hybridized carbons (Fsp3) is 0. The molecule has 6 nitrogen and oxygen atoms in total. The van der Waals surface area contributed by atoms with Gasteiger partial charge in [0.25, 0.3) is 0 Å². The molecule has 6 heteroatoms. The highest BCUT2D eigenvalue weighted by molar-refractivity contribution is 5.85. The number of hydrogen-bond acceptors (Lipinski definition) is 4. The summed E-state index contributed by atoms with van der Waals surface area (Å²) in [6.07, 6.45) is 2.90. The Kier molecular flexibility index (Phi) is 3.49. The Labute approximate surface area is 126 Å². The second-order valence-corrected chi connectivity index (χ2v) is 4.64. The summed E-state index contributed by atoms with van der Waals surface area (Å²) in [5, 5.41) is 8.91. The third-order valence-electron chi connectivity index (χ3n) is 3.03. The molecule has 0 saturated carbocycles. The summed E-state index contributed by atoms with van der Waals surface area (Å²) in [6.45, 7) is 0. The molecule has 0 aliphatic heterocycles. The molecule has 1 heterocycles. The molecule has 0 atom stereocenters. The molecule has 0 fully saturated rings. The molecule has 0 saturated heterocycles. The molecule has 0 aliphatic carbocycles. The highest BCUT2D eigenvalue weighted by Crippen LogP contribution is 2.24. The molecule has 2 aromatic carbocycles. The molecule has 3 rings (SSSR count). The maximum Gasteiger partial charge on any atom is 0.356 e. The van der Waals surface area contributed by atoms with Crippen molar-refractivity contribution < 1.29 is 14.6 Å². The number of carboxylic acids is 1. The molecule has 0 amide bonds. The van der Waals surface area contributed by atoms with Crippen molar-refractivity contribution in [3.8, 4) is 17.2 Å². The molecular formula is C16H13N3O3. The van der Waals surface area contributed by atoms with Crippen LogP contribution in [0.3, 0.4) is 0 Å². The number of anilines is 1. The number of nitrogen functional groups attached to an aromatic ring is 1. The highest BCUT2D eigenvalue weighted by Gasteiger charge is 2.08. The Balaban J connectivity index is 1.85. The van der Waals surface area contributed by atoms with E-state index in [1.54, 1.807) is 34.9 Å². The number of imidazole rings is 1. The van der Waals surface area contributed by atoms with Gasteiger partial charge in [-0.25, -0.2) is 9.78 Å². The van der Waals surface area contributed by atoms with Crippen molar-refractivity contribution in [3.63, 3.8) is 0 Å². The molecule has 3 aromatic rings. The molecular weight excluding hydrogens is 282 g/mol. The topological polar surface area (TPSA) is 90.4 Å². The normalized spacial score (nSPS) is 10.4. The molecule has 0 unspecified atom stereocenters. The van der Waals surface area contributed by atoms with E-state index in [0.29, 0.717) is 17.2 Å². The Hall–Kier alpha value is -3.28. The number of nitrogens with zero attached hydrogens (tertiary/aromatic N) is 2. The van der Waals surface area contributed by atoms with E-state index in [0.717, 1.165) is 5.69 Å². The van der Waals surface area contributed by atoms with Crippen LogP contribution < -0.4 is 10.5 Å². The van der Waals surface area contributed by atoms with Gasteiger partial charge in [-0.3, -0.25) is 0 Å². The lowest BCUT2D eigenvalue weighted by Gasteiger charge is -2.08. The maximum absolute atomic E-state index is 10.9. The first-order chi connectivity index (χ1) is 10.6. The minimum absolute atomic E-state index is 0.00939. The molecule has 0 spiro atoms. The summed E-state index contributed by atoms with van der Waals surface area (Å²) < 4.78 is 7.37. The van der Waals surface area contributed by atoms with Crippen LogP contribution in [-0.2, 0) is 0 Å². The third-order valence-corrected chi connectivity index (χ3v) is 3.03. The van der Waals surface area contributed by atoms with Crippen LogP contribution in [0.2, 0.25) is 0 Å². The Morgan fingerprint density at radius 2 is 1.91 bits per heavy atom. The predicted octanol–water partition coefficient (Wildman–Crippen LogP) is 2.95. The molecule has 0 bridgehead atoms. The zero-order valence-electron chi connectivity index (χ0n) is 11.5. The number of aromatic carboxylic acids is 1. The quantitative estimate of drug-likeness (QED) is 0.722. The van der Waals surface area contributed by atoms with Crippen molar-refractivity contribution in [1.29, 1.82) is 0 Å². The van der Waals surface area contributed by atoms with Crippen LogP contribution >= 0.6 is 0 Å². The van der Waals surface area contributed by atoms with E-state index in [1.807, 2.05) is 18.2 Å². The van der Waals surface area contributed by atoms with Crippen LogP contribution in [0.25, 0.3) is 5.69 Å². The first-order valence-electron chi connectivity index (χ1n) is 6.53. The fourth-order valence-corrected chi connectivity index (χ4v) is 1.95. The minimum Gasteiger partial charge on any atom is -0.476 e. The lowest BCUT2D eigenvalue weighted by atomic mass is 10.3. The minimum atomic E-state index is -1.06. The first kappa shape index (κ1) is 13.7. The zero-order valence-corrected chi connectivity index (χ0v) is 11.5. The van der Waals surface area contributed by atoms with Gasteiger partial charge in [-0.1, -0.05) is 6.07 Å². The second-order valence-electron chi connectivity index (χ2n) is 4.64. The number of ether oxygens (including phenoxy) is 1. The molecule has 22 heavy (non-hydrogen) atoms. The zero-order chi connectivity index (χ0) is 15.5. The van der Waals surface area contributed by atoms with Gasteiger partial charge in [-0.2, -0.15) is 0 Å². The average molecular weight is 295 g/mol. The third kappa shape index (κ3) is 2.90. The van der Waals surface area contributed by atoms with Crippen molar-refractivity contribution >= 4 is 11.7 Å². The van der Waals surface area contributed by atoms with Gasteiger partial charge in [0, 0.05) is 18.0 Å². The van der Waals surface area contributed by atoms with Gasteiger partial charge in [0.2, 0.25) is 0 Å². The van der Waals surface area contributed by atoms with E-state index in [-0.39, 0.29) is 5.69 Å². The van der Waals surface area contributed by atoms with Crippen LogP contribution in [0.4, 0.5) is 5.69 Å². The summed E-state index contributed by atoms with van der Waals surface area (Å²) in [4.78, 5) is 14.7. The summed E-state index contributed by atoms with van der Waals surface area (Å²) >= 11 is 0. The van der Waals surface area contributed by atoms with E-state index in [4.69, 9.17) is 15.6 Å². The number of benzene rings is 2. The monoisotopic (exact) mass is 295 g/mol. The summed E-state index contributed by atoms with van der Waals surface area (Å²) in [6, 6.07) is 14.3. The van der Waals surface area contributed by atoms with Gasteiger partial charge in [0.15, 0.2) is 5.69 Å². The first-order valence-corrected chi connectivity index (χ1v) is 6.53. The van der Waals surface area contributed by atoms with Crippen LogP contribution in [0, 0.1) is 0 Å². The number of carboxylic acid groups (broad SMARTS) is 1. The number of rotatable bonds is 4. The van der Waals surface area contributed by atoms with Crippen LogP contribution in [-0.4, -0.2) is 20.6 Å². The van der Waals surface area contributed by atoms with E-state index in [9.17, 15) is 4.79 Å². The predicted molar refractivity (Wildman–Crippen MR) is 81.5 cm³/mol. The SMILES string of the molecule is Nc1ccc(Oc2cccc(-n3cnc(C(=O)O)c3)c2)cc1. The lowest BCUT2D eigenvalue weighted by molar-refractivity contribution is 0.0691. The second kappa shape index (κ2) is 5.61. The summed E-state index contributed by atoms with van der Waals surface area (Å²) in [5.41, 5.74) is 7.05. The van der Waals surface area contributed by atoms with Gasteiger partial charge in [0.05, 0.1) is 5.69 Å². The summed E-state index contributed by atoms with van der Waals surface area (Å²) in [7, 11) is 0. The van der Waals surface area contributed by atoms with Crippen molar-refractivity contribution in [2.24, 2.45) is 0 Å². The smallest absolute Gasteiger partial charge is 0.356 e. The molecule has 3 N–H and O–H groups in total. The van der Waals surface area contributed by atoms with E-state index in [2.05, 4.69) is 4.98 Å². The number of carbonyl (C=O) groups is 1. The van der Waals surface area contributed by atoms with E-state index >= 15 is 0 Å². The Bertz CT molecular complexity index is 810. The number of aromatic nitrogens is 2. The van der Waals surface area contributed by atoms with Gasteiger partial charge < -0.3 is 20.1 Å². The van der Waals surface area contributed by atoms with E-state index in [1.165, 1.54) is 12.5 Å². The van der Waals surface area contributed by atoms with Gasteiger partial charge >= 0.3 is 5.97 Å². The average Bonchev–Trinajstić information content (AvgIpc) is 3.00. The Morgan fingerprint density at radius 1 is 1.14 bits per heavy atom. The molecule has 0 radical (unpaired) electrons. The highest BCUT2D eigenvalue weighted by atomic mass is 16.5. The van der Waals surface area contributed by atoms with Crippen molar-refractivity contribution in [2.45, 2.75) is 0 Å². The number of nitrogens with two attached hydrogens (primary N) is 1. The van der Waals surface area contributed by atoms with E-state index < -0.39 is 5.97 Å². The largest absolute Gasteiger partial charge is 0.476 e. The van der Waals surface area contributed by atoms with Gasteiger partial charge in [0.1, 0.15) is 17.8 Å². The van der Waals surface area contributed by atoms with Crippen LogP contribution in [0.1, 0.15) is 10.5 Å². The van der Waals surface area contributed by atoms with Crippen LogP contribution in [0.5, 0.6) is 11.5 Å². The van der Waals surface area contributed by atoms with Crippen LogP contribution in [0.15, 0.2) is 61.1 Å². The molecule has 0 aliphatic rings. The van der Waals surface area contributed by atoms with Gasteiger partial charge in [-0.05, 0) is 36.4 Å². The number of hydrogen-bond donors (Lipinski definition) is 2. The standard InChI is InChI=1S/C16H13N3O3/c17-11-4-6-13(7-5-11)22-14-3-1-2-12(8-14)19-9-15(16(20)21)18-10-19/h1-10H,17H2,(H,20,21). The Morgan fingerprint density at radius 3 is 2.59 bits per heavy atom. The van der Waals surface area contributed by atoms with Crippen molar-refractivity contribution in [1.82, 2.24) is 9.55 Å².